The molecule has 1 atom stereocenters. The molecular weight excluding hydrogens is 462 g/mol. The quantitative estimate of drug-likeness (QED) is 0.336. The fourth-order valence-electron chi connectivity index (χ4n) is 5.56. The van der Waals surface area contributed by atoms with E-state index in [2.05, 4.69) is 33.7 Å². The Hall–Kier alpha value is -1.71. The number of hydrogen-bond acceptors (Lipinski definition) is 7. The first-order valence-corrected chi connectivity index (χ1v) is 14.4. The Kier molecular flexibility index (Phi) is 9.80. The van der Waals surface area contributed by atoms with Crippen LogP contribution in [0.25, 0.3) is 5.57 Å². The molecule has 1 unspecified atom stereocenters. The molecule has 0 bridgehead atoms. The smallest absolute Gasteiger partial charge is 0.414 e. The van der Waals surface area contributed by atoms with E-state index < -0.39 is 0 Å². The molecule has 0 saturated carbocycles. The zero-order valence-electron chi connectivity index (χ0n) is 21.8. The summed E-state index contributed by atoms with van der Waals surface area (Å²) in [5, 5.41) is 0. The van der Waals surface area contributed by atoms with E-state index in [9.17, 15) is 4.79 Å². The number of carbonyl (C=O) groups excluding carboxylic acids is 1. The third-order valence-electron chi connectivity index (χ3n) is 7.74. The van der Waals surface area contributed by atoms with Crippen molar-refractivity contribution in [1.82, 2.24) is 18.5 Å². The van der Waals surface area contributed by atoms with E-state index >= 15 is 0 Å². The molecule has 35 heavy (non-hydrogen) atoms. The van der Waals surface area contributed by atoms with Gasteiger partial charge in [0.1, 0.15) is 12.2 Å². The second kappa shape index (κ2) is 13.0. The summed E-state index contributed by atoms with van der Waals surface area (Å²) in [7, 11) is 2.16. The Morgan fingerprint density at radius 3 is 2.69 bits per heavy atom. The SMILES string of the molecule is CCCCCCOc1nsnc1C1=CCC[N+](C)(COC(=O)N2CCC(N3CCCCC3)CC2)C1. The van der Waals surface area contributed by atoms with Crippen molar-refractivity contribution >= 4 is 23.4 Å². The average molecular weight is 507 g/mol. The van der Waals surface area contributed by atoms with Gasteiger partial charge in [-0.3, -0.25) is 4.48 Å². The number of rotatable bonds is 10. The number of aromatic nitrogens is 2. The van der Waals surface area contributed by atoms with Gasteiger partial charge in [-0.15, -0.1) is 4.37 Å². The Morgan fingerprint density at radius 2 is 1.91 bits per heavy atom. The monoisotopic (exact) mass is 506 g/mol. The molecule has 3 aliphatic rings. The van der Waals surface area contributed by atoms with E-state index in [0.717, 1.165) is 63.1 Å². The highest BCUT2D eigenvalue weighted by molar-refractivity contribution is 6.99. The second-order valence-corrected chi connectivity index (χ2v) is 11.2. The summed E-state index contributed by atoms with van der Waals surface area (Å²) in [5.74, 6) is 0.653. The van der Waals surface area contributed by atoms with E-state index in [1.807, 2.05) is 4.90 Å². The van der Waals surface area contributed by atoms with Crippen LogP contribution >= 0.6 is 11.7 Å². The number of carbonyl (C=O) groups is 1. The molecule has 0 aliphatic carbocycles. The third kappa shape index (κ3) is 7.40. The predicted octanol–water partition coefficient (Wildman–Crippen LogP) is 4.78. The van der Waals surface area contributed by atoms with Crippen LogP contribution in [-0.4, -0.2) is 94.8 Å². The molecule has 0 N–H and O–H groups in total. The van der Waals surface area contributed by atoms with Gasteiger partial charge in [0.15, 0.2) is 0 Å². The van der Waals surface area contributed by atoms with Crippen LogP contribution in [0.1, 0.15) is 76.8 Å². The number of quaternary nitrogens is 1. The van der Waals surface area contributed by atoms with Gasteiger partial charge >= 0.3 is 6.09 Å². The number of hydrogen-bond donors (Lipinski definition) is 0. The highest BCUT2D eigenvalue weighted by Crippen LogP contribution is 2.30. The van der Waals surface area contributed by atoms with Crippen molar-refractivity contribution in [2.24, 2.45) is 0 Å². The Balaban J connectivity index is 1.23. The third-order valence-corrected chi connectivity index (χ3v) is 8.25. The molecule has 4 rings (SSSR count). The van der Waals surface area contributed by atoms with Crippen LogP contribution < -0.4 is 4.74 Å². The molecule has 1 aromatic rings. The van der Waals surface area contributed by atoms with Gasteiger partial charge in [0.05, 0.1) is 31.9 Å². The Morgan fingerprint density at radius 1 is 1.11 bits per heavy atom. The summed E-state index contributed by atoms with van der Waals surface area (Å²) in [4.78, 5) is 17.4. The van der Waals surface area contributed by atoms with E-state index in [1.54, 1.807) is 0 Å². The van der Waals surface area contributed by atoms with Crippen LogP contribution in [0, 0.1) is 0 Å². The van der Waals surface area contributed by atoms with Crippen LogP contribution in [0.15, 0.2) is 6.08 Å². The molecule has 0 radical (unpaired) electrons. The molecule has 0 aromatic carbocycles. The average Bonchev–Trinajstić information content (AvgIpc) is 3.36. The number of likely N-dealkylation sites (N-methyl/N-ethyl adjacent to an activating group) is 1. The lowest BCUT2D eigenvalue weighted by Crippen LogP contribution is -2.52. The molecule has 0 spiro atoms. The van der Waals surface area contributed by atoms with Gasteiger partial charge in [-0.1, -0.05) is 38.7 Å². The maximum absolute atomic E-state index is 12.8. The van der Waals surface area contributed by atoms with Crippen molar-refractivity contribution in [2.45, 2.75) is 77.2 Å². The number of likely N-dealkylation sites (tertiary alicyclic amines) is 2. The van der Waals surface area contributed by atoms with Gasteiger partial charge in [-0.25, -0.2) is 4.79 Å². The van der Waals surface area contributed by atoms with Crippen molar-refractivity contribution in [2.75, 3.05) is 59.7 Å². The second-order valence-electron chi connectivity index (χ2n) is 10.7. The van der Waals surface area contributed by atoms with Crippen LogP contribution in [0.3, 0.4) is 0 Å². The van der Waals surface area contributed by atoms with E-state index in [1.165, 1.54) is 63.3 Å². The van der Waals surface area contributed by atoms with Crippen LogP contribution in [-0.2, 0) is 4.74 Å². The molecule has 196 valence electrons. The minimum atomic E-state index is -0.163. The van der Waals surface area contributed by atoms with Crippen LogP contribution in [0.5, 0.6) is 5.88 Å². The fourth-order valence-corrected chi connectivity index (χ4v) is 6.09. The summed E-state index contributed by atoms with van der Waals surface area (Å²) < 4.78 is 21.4. The zero-order valence-corrected chi connectivity index (χ0v) is 22.6. The molecule has 9 heteroatoms. The molecule has 3 aliphatic heterocycles. The molecule has 1 amide bonds. The highest BCUT2D eigenvalue weighted by Gasteiger charge is 2.33. The number of nitrogens with zero attached hydrogens (tertiary/aromatic N) is 5. The minimum Gasteiger partial charge on any atom is -0.475 e. The topological polar surface area (TPSA) is 67.8 Å². The first-order chi connectivity index (χ1) is 17.1. The van der Waals surface area contributed by atoms with Crippen molar-refractivity contribution in [1.29, 1.82) is 0 Å². The first kappa shape index (κ1) is 26.4. The Labute approximate surface area is 215 Å². The maximum atomic E-state index is 12.8. The van der Waals surface area contributed by atoms with Crippen molar-refractivity contribution in [3.63, 3.8) is 0 Å². The minimum absolute atomic E-state index is 0.163. The summed E-state index contributed by atoms with van der Waals surface area (Å²) >= 11 is 1.21. The molecule has 8 nitrogen and oxygen atoms in total. The van der Waals surface area contributed by atoms with E-state index in [0.29, 0.717) is 29.7 Å². The lowest BCUT2D eigenvalue weighted by Gasteiger charge is -2.40. The maximum Gasteiger partial charge on any atom is 0.414 e. The predicted molar refractivity (Wildman–Crippen MR) is 139 cm³/mol. The van der Waals surface area contributed by atoms with Gasteiger partial charge < -0.3 is 19.3 Å². The van der Waals surface area contributed by atoms with Crippen molar-refractivity contribution in [3.05, 3.63) is 11.8 Å². The molecule has 4 heterocycles. The summed E-state index contributed by atoms with van der Waals surface area (Å²) in [5.41, 5.74) is 2.01. The number of unbranched alkanes of at least 4 members (excludes halogenated alkanes) is 3. The number of amides is 1. The largest absolute Gasteiger partial charge is 0.475 e. The van der Waals surface area contributed by atoms with E-state index in [-0.39, 0.29) is 6.09 Å². The van der Waals surface area contributed by atoms with E-state index in [4.69, 9.17) is 9.47 Å². The molecule has 2 fully saturated rings. The lowest BCUT2D eigenvalue weighted by atomic mass is 10.0. The van der Waals surface area contributed by atoms with Gasteiger partial charge in [0, 0.05) is 31.1 Å². The first-order valence-electron chi connectivity index (χ1n) is 13.7. The van der Waals surface area contributed by atoms with Gasteiger partial charge in [-0.05, 0) is 45.2 Å². The zero-order chi connectivity index (χ0) is 24.5. The molecule has 1 aromatic heterocycles. The van der Waals surface area contributed by atoms with Crippen LogP contribution in [0.4, 0.5) is 4.79 Å². The van der Waals surface area contributed by atoms with Gasteiger partial charge in [-0.2, -0.15) is 4.37 Å². The Bertz CT molecular complexity index is 833. The van der Waals surface area contributed by atoms with Gasteiger partial charge in [0.25, 0.3) is 5.88 Å². The normalized spacial score (nSPS) is 24.3. The van der Waals surface area contributed by atoms with Crippen LogP contribution in [0.2, 0.25) is 0 Å². The number of ether oxygens (including phenoxy) is 2. The standard InChI is InChI=1S/C26H44N5O3S/c1-3-4-5-9-19-33-25-24(27-35-28-25)22-11-10-18-31(2,20-22)21-34-26(32)30-16-12-23(13-17-30)29-14-7-6-8-15-29/h11,23H,3-10,12-21H2,1-2H3/q+1. The summed E-state index contributed by atoms with van der Waals surface area (Å²) in [6.07, 6.45) is 13.8. The highest BCUT2D eigenvalue weighted by atomic mass is 32.1. The van der Waals surface area contributed by atoms with Crippen molar-refractivity contribution in [3.8, 4) is 5.88 Å². The summed E-state index contributed by atoms with van der Waals surface area (Å²) in [6.45, 7) is 9.04. The number of piperidine rings is 2. The van der Waals surface area contributed by atoms with Gasteiger partial charge in [0.2, 0.25) is 6.73 Å². The lowest BCUT2D eigenvalue weighted by molar-refractivity contribution is -0.919. The molecular formula is C26H44N5O3S+. The fraction of sp³-hybridized carbons (Fsp3) is 0.808. The molecule has 2 saturated heterocycles. The summed E-state index contributed by atoms with van der Waals surface area (Å²) in [6, 6.07) is 0.633. The van der Waals surface area contributed by atoms with Crippen molar-refractivity contribution < 1.29 is 18.8 Å².